The zero-order chi connectivity index (χ0) is 21.1. The first-order chi connectivity index (χ1) is 14.3. The molecule has 0 unspecified atom stereocenters. The molecule has 1 aromatic heterocycles. The van der Waals surface area contributed by atoms with E-state index in [4.69, 9.17) is 0 Å². The average molecular weight is 456 g/mol. The monoisotopic (exact) mass is 455 g/mol. The molecule has 1 aliphatic heterocycles. The second-order valence-corrected chi connectivity index (χ2v) is 9.03. The summed E-state index contributed by atoms with van der Waals surface area (Å²) in [7, 11) is 0. The van der Waals surface area contributed by atoms with Crippen LogP contribution in [0.2, 0.25) is 0 Å². The third kappa shape index (κ3) is 4.20. The highest BCUT2D eigenvalue weighted by molar-refractivity contribution is 5.85. The van der Waals surface area contributed by atoms with Gasteiger partial charge in [0.1, 0.15) is 0 Å². The molecule has 1 N–H and O–H groups in total. The average Bonchev–Trinajstić information content (AvgIpc) is 3.61. The van der Waals surface area contributed by atoms with E-state index < -0.39 is 11.7 Å². The molecule has 168 valence electrons. The van der Waals surface area contributed by atoms with E-state index in [1.807, 2.05) is 0 Å². The number of fused-ring (bicyclic) bond motifs is 1. The number of likely N-dealkylation sites (tertiary alicyclic amines) is 1. The van der Waals surface area contributed by atoms with Gasteiger partial charge >= 0.3 is 11.9 Å². The SMILES string of the molecule is Cl.O=c1[nH]c(=O)n(CCCN2C[C@@H]3C[C@]3(c3ccc(C(F)(F)F)cc3)C2)cc1C1CC1. The Morgan fingerprint density at radius 1 is 1.10 bits per heavy atom. The molecule has 9 heteroatoms. The van der Waals surface area contributed by atoms with Crippen molar-refractivity contribution in [2.24, 2.45) is 5.92 Å². The summed E-state index contributed by atoms with van der Waals surface area (Å²) in [6.07, 6.45) is 1.22. The number of piperidine rings is 1. The summed E-state index contributed by atoms with van der Waals surface area (Å²) < 4.78 is 40.0. The number of nitrogens with one attached hydrogen (secondary N) is 1. The third-order valence-corrected chi connectivity index (χ3v) is 6.93. The summed E-state index contributed by atoms with van der Waals surface area (Å²) in [4.78, 5) is 28.7. The highest BCUT2D eigenvalue weighted by atomic mass is 35.5. The van der Waals surface area contributed by atoms with E-state index in [-0.39, 0.29) is 35.0 Å². The zero-order valence-electron chi connectivity index (χ0n) is 17.0. The molecule has 2 aromatic rings. The summed E-state index contributed by atoms with van der Waals surface area (Å²) in [5, 5.41) is 0. The minimum absolute atomic E-state index is 0. The van der Waals surface area contributed by atoms with Crippen LogP contribution in [0.15, 0.2) is 40.1 Å². The number of hydrogen-bond acceptors (Lipinski definition) is 3. The van der Waals surface area contributed by atoms with Gasteiger partial charge in [0.2, 0.25) is 0 Å². The second kappa shape index (κ2) is 7.81. The van der Waals surface area contributed by atoms with Gasteiger partial charge in [-0.2, -0.15) is 13.2 Å². The Kier molecular flexibility index (Phi) is 5.58. The summed E-state index contributed by atoms with van der Waals surface area (Å²) in [6.45, 7) is 3.15. The van der Waals surface area contributed by atoms with Crippen LogP contribution in [0.4, 0.5) is 13.2 Å². The molecule has 2 atom stereocenters. The van der Waals surface area contributed by atoms with E-state index in [9.17, 15) is 22.8 Å². The molecule has 0 bridgehead atoms. The Labute approximate surface area is 183 Å². The van der Waals surface area contributed by atoms with E-state index in [1.165, 1.54) is 12.1 Å². The first-order valence-corrected chi connectivity index (χ1v) is 10.5. The van der Waals surface area contributed by atoms with Crippen LogP contribution in [-0.4, -0.2) is 34.1 Å². The standard InChI is InChI=1S/C22H24F3N3O2.ClH/c23-22(24,25)16-6-4-15(5-7-16)21-10-17(21)11-27(13-21)8-1-9-28-12-18(14-2-3-14)19(29)26-20(28)30;/h4-7,12,14,17H,1-3,8-11,13H2,(H,26,29,30);1H/t17-,21+;/m0./s1. The Hall–Kier alpha value is -2.06. The maximum Gasteiger partial charge on any atom is 0.416 e. The van der Waals surface area contributed by atoms with E-state index in [0.29, 0.717) is 18.0 Å². The molecule has 2 heterocycles. The maximum absolute atomic E-state index is 12.8. The van der Waals surface area contributed by atoms with Crippen molar-refractivity contribution in [3.63, 3.8) is 0 Å². The minimum Gasteiger partial charge on any atom is -0.302 e. The van der Waals surface area contributed by atoms with Gasteiger partial charge in [0.25, 0.3) is 5.56 Å². The fraction of sp³-hybridized carbons (Fsp3) is 0.545. The molecule has 3 aliphatic rings. The van der Waals surface area contributed by atoms with Crippen LogP contribution in [0.25, 0.3) is 0 Å². The van der Waals surface area contributed by atoms with Crippen molar-refractivity contribution in [1.82, 2.24) is 14.5 Å². The number of nitrogens with zero attached hydrogens (tertiary/aromatic N) is 2. The number of aromatic amines is 1. The van der Waals surface area contributed by atoms with E-state index in [1.54, 1.807) is 22.9 Å². The Morgan fingerprint density at radius 2 is 1.81 bits per heavy atom. The van der Waals surface area contributed by atoms with Crippen LogP contribution in [0, 0.1) is 5.92 Å². The number of halogens is 4. The lowest BCUT2D eigenvalue weighted by molar-refractivity contribution is -0.137. The van der Waals surface area contributed by atoms with Crippen molar-refractivity contribution < 1.29 is 13.2 Å². The largest absolute Gasteiger partial charge is 0.416 e. The number of aromatic nitrogens is 2. The molecule has 3 fully saturated rings. The van der Waals surface area contributed by atoms with Gasteiger partial charge in [0.05, 0.1) is 5.56 Å². The molecule has 0 radical (unpaired) electrons. The van der Waals surface area contributed by atoms with Crippen molar-refractivity contribution >= 4 is 12.4 Å². The van der Waals surface area contributed by atoms with Crippen molar-refractivity contribution in [3.8, 4) is 0 Å². The number of hydrogen-bond donors (Lipinski definition) is 1. The van der Waals surface area contributed by atoms with Crippen LogP contribution in [-0.2, 0) is 18.1 Å². The molecule has 2 aliphatic carbocycles. The summed E-state index contributed by atoms with van der Waals surface area (Å²) in [5.41, 5.74) is 0.448. The van der Waals surface area contributed by atoms with Gasteiger partial charge in [-0.05, 0) is 61.8 Å². The van der Waals surface area contributed by atoms with Gasteiger partial charge in [-0.3, -0.25) is 9.78 Å². The Balaban J connectivity index is 0.00000231. The Bertz CT molecular complexity index is 1080. The number of H-pyrrole nitrogens is 1. The number of rotatable bonds is 6. The normalized spacial score (nSPS) is 25.2. The molecular formula is C22H25ClF3N3O2. The molecule has 2 saturated carbocycles. The van der Waals surface area contributed by atoms with Crippen LogP contribution in [0.1, 0.15) is 48.3 Å². The van der Waals surface area contributed by atoms with Crippen LogP contribution in [0.3, 0.4) is 0 Å². The van der Waals surface area contributed by atoms with Gasteiger partial charge in [0.15, 0.2) is 0 Å². The lowest BCUT2D eigenvalue weighted by Crippen LogP contribution is -2.33. The van der Waals surface area contributed by atoms with Crippen LogP contribution < -0.4 is 11.2 Å². The van der Waals surface area contributed by atoms with Gasteiger partial charge in [-0.25, -0.2) is 4.79 Å². The highest BCUT2D eigenvalue weighted by Crippen LogP contribution is 2.59. The van der Waals surface area contributed by atoms with Gasteiger partial charge in [-0.15, -0.1) is 12.4 Å². The van der Waals surface area contributed by atoms with Gasteiger partial charge in [0, 0.05) is 36.8 Å². The quantitative estimate of drug-likeness (QED) is 0.725. The highest BCUT2D eigenvalue weighted by Gasteiger charge is 2.60. The van der Waals surface area contributed by atoms with E-state index >= 15 is 0 Å². The van der Waals surface area contributed by atoms with E-state index in [2.05, 4.69) is 9.88 Å². The smallest absolute Gasteiger partial charge is 0.302 e. The predicted molar refractivity (Wildman–Crippen MR) is 113 cm³/mol. The fourth-order valence-electron chi connectivity index (χ4n) is 5.04. The maximum atomic E-state index is 12.8. The van der Waals surface area contributed by atoms with Crippen molar-refractivity contribution in [3.05, 3.63) is 68.0 Å². The minimum atomic E-state index is -4.31. The van der Waals surface area contributed by atoms with Gasteiger partial charge in [-0.1, -0.05) is 12.1 Å². The second-order valence-electron chi connectivity index (χ2n) is 9.03. The number of aryl methyl sites for hydroxylation is 1. The molecule has 5 rings (SSSR count). The molecule has 5 nitrogen and oxygen atoms in total. The number of alkyl halides is 3. The molecular weight excluding hydrogens is 431 g/mol. The molecule has 1 aromatic carbocycles. The lowest BCUT2D eigenvalue weighted by atomic mass is 9.94. The molecule has 0 spiro atoms. The molecule has 1 saturated heterocycles. The summed E-state index contributed by atoms with van der Waals surface area (Å²) >= 11 is 0. The topological polar surface area (TPSA) is 58.1 Å². The summed E-state index contributed by atoms with van der Waals surface area (Å²) in [5.74, 6) is 0.779. The third-order valence-electron chi connectivity index (χ3n) is 6.93. The number of benzene rings is 1. The lowest BCUT2D eigenvalue weighted by Gasteiger charge is -2.21. The van der Waals surface area contributed by atoms with Crippen molar-refractivity contribution in [2.75, 3.05) is 19.6 Å². The predicted octanol–water partition coefficient (Wildman–Crippen LogP) is 3.52. The zero-order valence-corrected chi connectivity index (χ0v) is 17.8. The Morgan fingerprint density at radius 3 is 2.45 bits per heavy atom. The first-order valence-electron chi connectivity index (χ1n) is 10.5. The first kappa shape index (κ1) is 22.1. The van der Waals surface area contributed by atoms with Crippen molar-refractivity contribution in [1.29, 1.82) is 0 Å². The van der Waals surface area contributed by atoms with Gasteiger partial charge < -0.3 is 9.47 Å². The van der Waals surface area contributed by atoms with Crippen LogP contribution >= 0.6 is 12.4 Å². The van der Waals surface area contributed by atoms with Crippen molar-refractivity contribution in [2.45, 2.75) is 49.7 Å². The van der Waals surface area contributed by atoms with Crippen LogP contribution in [0.5, 0.6) is 0 Å². The summed E-state index contributed by atoms with van der Waals surface area (Å²) in [6, 6.07) is 5.63. The molecule has 31 heavy (non-hydrogen) atoms. The molecule has 0 amide bonds. The fourth-order valence-corrected chi connectivity index (χ4v) is 5.04. The van der Waals surface area contributed by atoms with E-state index in [0.717, 1.165) is 50.9 Å².